The molecule has 0 aliphatic heterocycles. The van der Waals surface area contributed by atoms with Gasteiger partial charge in [-0.05, 0) is 31.2 Å². The standard InChI is InChI=1S/C18H13F4N5O2/c1-9-17(18(29)23-11-3-5-12(20)14(22)7-11)25-26-27(9)8-16(28)24-15-6-10(19)2-4-13(15)21/h2-7H,8H2,1H3,(H,23,29)(H,24,28). The monoisotopic (exact) mass is 407 g/mol. The van der Waals surface area contributed by atoms with Gasteiger partial charge in [-0.25, -0.2) is 22.2 Å². The van der Waals surface area contributed by atoms with Crippen LogP contribution in [0.25, 0.3) is 0 Å². The zero-order valence-corrected chi connectivity index (χ0v) is 14.8. The molecule has 0 radical (unpaired) electrons. The Morgan fingerprint density at radius 2 is 1.69 bits per heavy atom. The normalized spacial score (nSPS) is 10.7. The van der Waals surface area contributed by atoms with E-state index in [1.165, 1.54) is 6.92 Å². The van der Waals surface area contributed by atoms with Crippen LogP contribution in [0.15, 0.2) is 36.4 Å². The first-order valence-electron chi connectivity index (χ1n) is 8.16. The Labute approximate surface area is 161 Å². The van der Waals surface area contributed by atoms with Gasteiger partial charge in [-0.15, -0.1) is 5.10 Å². The van der Waals surface area contributed by atoms with Crippen molar-refractivity contribution in [1.82, 2.24) is 15.0 Å². The number of aromatic nitrogens is 3. The number of carbonyl (C=O) groups is 2. The highest BCUT2D eigenvalue weighted by Crippen LogP contribution is 2.16. The molecule has 2 aromatic carbocycles. The molecule has 0 aliphatic rings. The molecule has 3 rings (SSSR count). The first-order chi connectivity index (χ1) is 13.7. The summed E-state index contributed by atoms with van der Waals surface area (Å²) < 4.78 is 54.0. The largest absolute Gasteiger partial charge is 0.322 e. The van der Waals surface area contributed by atoms with E-state index in [0.717, 1.165) is 41.1 Å². The van der Waals surface area contributed by atoms with Crippen LogP contribution in [-0.2, 0) is 11.3 Å². The molecular formula is C18H13F4N5O2. The van der Waals surface area contributed by atoms with E-state index in [1.807, 2.05) is 0 Å². The van der Waals surface area contributed by atoms with Crippen LogP contribution in [0, 0.1) is 30.2 Å². The topological polar surface area (TPSA) is 88.9 Å². The van der Waals surface area contributed by atoms with Crippen molar-refractivity contribution in [3.05, 3.63) is 71.1 Å². The van der Waals surface area contributed by atoms with Crippen LogP contribution in [0.3, 0.4) is 0 Å². The fraction of sp³-hybridized carbons (Fsp3) is 0.111. The minimum Gasteiger partial charge on any atom is -0.322 e. The molecule has 11 heteroatoms. The lowest BCUT2D eigenvalue weighted by Crippen LogP contribution is -2.21. The molecule has 150 valence electrons. The SMILES string of the molecule is Cc1c(C(=O)Nc2ccc(F)c(F)c2)nnn1CC(=O)Nc1cc(F)ccc1F. The third kappa shape index (κ3) is 4.57. The van der Waals surface area contributed by atoms with Crippen molar-refractivity contribution >= 4 is 23.2 Å². The Hall–Kier alpha value is -3.76. The maximum atomic E-state index is 13.6. The highest BCUT2D eigenvalue weighted by Gasteiger charge is 2.19. The van der Waals surface area contributed by atoms with Crippen molar-refractivity contribution in [2.75, 3.05) is 10.6 Å². The molecule has 2 N–H and O–H groups in total. The highest BCUT2D eigenvalue weighted by molar-refractivity contribution is 6.03. The third-order valence-electron chi connectivity index (χ3n) is 3.87. The van der Waals surface area contributed by atoms with Gasteiger partial charge in [0.05, 0.1) is 11.4 Å². The van der Waals surface area contributed by atoms with E-state index in [9.17, 15) is 27.2 Å². The van der Waals surface area contributed by atoms with Crippen molar-refractivity contribution in [1.29, 1.82) is 0 Å². The molecule has 29 heavy (non-hydrogen) atoms. The van der Waals surface area contributed by atoms with E-state index in [0.29, 0.717) is 0 Å². The number of amides is 2. The molecule has 0 spiro atoms. The lowest BCUT2D eigenvalue weighted by Gasteiger charge is -2.08. The zero-order valence-electron chi connectivity index (χ0n) is 14.8. The number of benzene rings is 2. The van der Waals surface area contributed by atoms with Crippen LogP contribution in [0.2, 0.25) is 0 Å². The van der Waals surface area contributed by atoms with Crippen LogP contribution >= 0.6 is 0 Å². The van der Waals surface area contributed by atoms with Crippen LogP contribution < -0.4 is 10.6 Å². The Morgan fingerprint density at radius 1 is 0.966 bits per heavy atom. The summed E-state index contributed by atoms with van der Waals surface area (Å²) in [4.78, 5) is 24.3. The number of rotatable bonds is 5. The number of halogens is 4. The fourth-order valence-electron chi connectivity index (χ4n) is 2.40. The number of hydrogen-bond donors (Lipinski definition) is 2. The molecule has 0 saturated carbocycles. The summed E-state index contributed by atoms with van der Waals surface area (Å²) in [6.07, 6.45) is 0. The molecule has 7 nitrogen and oxygen atoms in total. The smallest absolute Gasteiger partial charge is 0.278 e. The lowest BCUT2D eigenvalue weighted by molar-refractivity contribution is -0.117. The Bertz CT molecular complexity index is 1100. The fourth-order valence-corrected chi connectivity index (χ4v) is 2.40. The summed E-state index contributed by atoms with van der Waals surface area (Å²) in [7, 11) is 0. The number of carbonyl (C=O) groups excluding carboxylic acids is 2. The van der Waals surface area contributed by atoms with E-state index in [1.54, 1.807) is 0 Å². The van der Waals surface area contributed by atoms with Gasteiger partial charge in [0.1, 0.15) is 18.2 Å². The van der Waals surface area contributed by atoms with Gasteiger partial charge >= 0.3 is 0 Å². The van der Waals surface area contributed by atoms with Gasteiger partial charge in [-0.1, -0.05) is 5.21 Å². The first kappa shape index (κ1) is 20.0. The maximum Gasteiger partial charge on any atom is 0.278 e. The van der Waals surface area contributed by atoms with Gasteiger partial charge in [0.2, 0.25) is 5.91 Å². The van der Waals surface area contributed by atoms with Crippen molar-refractivity contribution in [2.45, 2.75) is 13.5 Å². The molecule has 0 atom stereocenters. The van der Waals surface area contributed by atoms with Crippen LogP contribution in [0.5, 0.6) is 0 Å². The van der Waals surface area contributed by atoms with E-state index < -0.39 is 41.6 Å². The second kappa shape index (κ2) is 8.09. The Balaban J connectivity index is 1.69. The molecule has 0 aliphatic carbocycles. The van der Waals surface area contributed by atoms with Crippen molar-refractivity contribution < 1.29 is 27.2 Å². The molecule has 2 amide bonds. The minimum absolute atomic E-state index is 0.00201. The lowest BCUT2D eigenvalue weighted by atomic mass is 10.2. The van der Waals surface area contributed by atoms with Gasteiger partial charge in [0.25, 0.3) is 5.91 Å². The van der Waals surface area contributed by atoms with Crippen LogP contribution in [-0.4, -0.2) is 26.8 Å². The first-order valence-corrected chi connectivity index (χ1v) is 8.16. The Morgan fingerprint density at radius 3 is 2.41 bits per heavy atom. The van der Waals surface area contributed by atoms with E-state index in [2.05, 4.69) is 20.9 Å². The van der Waals surface area contributed by atoms with Crippen LogP contribution in [0.1, 0.15) is 16.2 Å². The average Bonchev–Trinajstić information content (AvgIpc) is 3.02. The van der Waals surface area contributed by atoms with Crippen molar-refractivity contribution in [2.24, 2.45) is 0 Å². The summed E-state index contributed by atoms with van der Waals surface area (Å²) in [5, 5.41) is 11.9. The summed E-state index contributed by atoms with van der Waals surface area (Å²) in [5.41, 5.74) is -0.300. The summed E-state index contributed by atoms with van der Waals surface area (Å²) in [5.74, 6) is -5.22. The van der Waals surface area contributed by atoms with E-state index >= 15 is 0 Å². The van der Waals surface area contributed by atoms with Crippen LogP contribution in [0.4, 0.5) is 28.9 Å². The number of nitrogens with one attached hydrogen (secondary N) is 2. The minimum atomic E-state index is -1.13. The molecule has 1 heterocycles. The second-order valence-corrected chi connectivity index (χ2v) is 5.94. The molecule has 0 unspecified atom stereocenters. The van der Waals surface area contributed by atoms with E-state index in [-0.39, 0.29) is 22.8 Å². The predicted molar refractivity (Wildman–Crippen MR) is 94.1 cm³/mol. The Kier molecular flexibility index (Phi) is 5.57. The highest BCUT2D eigenvalue weighted by atomic mass is 19.2. The third-order valence-corrected chi connectivity index (χ3v) is 3.87. The number of nitrogens with zero attached hydrogens (tertiary/aromatic N) is 3. The predicted octanol–water partition coefficient (Wildman–Crippen LogP) is 3.03. The average molecular weight is 407 g/mol. The maximum absolute atomic E-state index is 13.6. The molecule has 0 bridgehead atoms. The summed E-state index contributed by atoms with van der Waals surface area (Å²) in [6, 6.07) is 5.41. The molecule has 1 aromatic heterocycles. The van der Waals surface area contributed by atoms with Gasteiger partial charge in [0, 0.05) is 17.8 Å². The number of anilines is 2. The quantitative estimate of drug-likeness (QED) is 0.637. The summed E-state index contributed by atoms with van der Waals surface area (Å²) >= 11 is 0. The van der Waals surface area contributed by atoms with Crippen molar-refractivity contribution in [3.63, 3.8) is 0 Å². The summed E-state index contributed by atoms with van der Waals surface area (Å²) in [6.45, 7) is 1.03. The van der Waals surface area contributed by atoms with Gasteiger partial charge in [-0.2, -0.15) is 0 Å². The van der Waals surface area contributed by atoms with Gasteiger partial charge in [0.15, 0.2) is 17.3 Å². The van der Waals surface area contributed by atoms with Gasteiger partial charge in [-0.3, -0.25) is 9.59 Å². The molecular weight excluding hydrogens is 394 g/mol. The molecule has 0 saturated heterocycles. The molecule has 3 aromatic rings. The zero-order chi connectivity index (χ0) is 21.1. The molecule has 0 fully saturated rings. The van der Waals surface area contributed by atoms with E-state index in [4.69, 9.17) is 0 Å². The number of hydrogen-bond acceptors (Lipinski definition) is 4. The van der Waals surface area contributed by atoms with Gasteiger partial charge < -0.3 is 10.6 Å². The van der Waals surface area contributed by atoms with Crippen molar-refractivity contribution in [3.8, 4) is 0 Å². The second-order valence-electron chi connectivity index (χ2n) is 5.94.